The van der Waals surface area contributed by atoms with Crippen molar-refractivity contribution in [2.24, 2.45) is 0 Å². The van der Waals surface area contributed by atoms with Crippen LogP contribution in [-0.2, 0) is 4.74 Å². The Bertz CT molecular complexity index is 865. The summed E-state index contributed by atoms with van der Waals surface area (Å²) in [6.07, 6.45) is -1.17. The molecule has 1 fully saturated rings. The largest absolute Gasteiger partial charge is 0.444 e. The van der Waals surface area contributed by atoms with Gasteiger partial charge in [0.25, 0.3) is 0 Å². The standard InChI is InChI=1S/C25H32F2N2O3/c1-16-14-29(22(17(2)30)15-28(16)24(31)32-25(3,4)5)23(18-6-10-20(26)11-7-18)19-8-12-21(27)13-9-19/h6-13,16-17,22-23,30H,14-15H2,1-5H3/t16-,17?,22-/m0/s1. The van der Waals surface area contributed by atoms with E-state index < -0.39 is 23.8 Å². The van der Waals surface area contributed by atoms with Crippen molar-refractivity contribution < 1.29 is 23.4 Å². The number of rotatable bonds is 4. The number of ether oxygens (including phenoxy) is 1. The van der Waals surface area contributed by atoms with Crippen LogP contribution in [0, 0.1) is 11.6 Å². The summed E-state index contributed by atoms with van der Waals surface area (Å²) in [7, 11) is 0. The summed E-state index contributed by atoms with van der Waals surface area (Å²) in [5.74, 6) is -0.691. The Morgan fingerprint density at radius 3 is 1.88 bits per heavy atom. The fourth-order valence-electron chi connectivity index (χ4n) is 4.19. The Hall–Kier alpha value is -2.51. The van der Waals surface area contributed by atoms with E-state index in [1.807, 2.05) is 27.7 Å². The zero-order chi connectivity index (χ0) is 23.6. The molecule has 2 aromatic carbocycles. The van der Waals surface area contributed by atoms with Crippen molar-refractivity contribution in [3.05, 3.63) is 71.3 Å². The molecule has 174 valence electrons. The maximum absolute atomic E-state index is 13.6. The van der Waals surface area contributed by atoms with E-state index in [0.717, 1.165) is 11.1 Å². The van der Waals surface area contributed by atoms with Gasteiger partial charge in [-0.3, -0.25) is 4.90 Å². The van der Waals surface area contributed by atoms with E-state index in [9.17, 15) is 18.7 Å². The van der Waals surface area contributed by atoms with Crippen LogP contribution in [0.4, 0.5) is 13.6 Å². The first-order valence-corrected chi connectivity index (χ1v) is 10.9. The number of aliphatic hydroxyl groups is 1. The van der Waals surface area contributed by atoms with Gasteiger partial charge in [0.05, 0.1) is 18.2 Å². The van der Waals surface area contributed by atoms with Gasteiger partial charge in [-0.05, 0) is 70.0 Å². The van der Waals surface area contributed by atoms with Crippen molar-refractivity contribution in [2.75, 3.05) is 13.1 Å². The molecular formula is C25H32F2N2O3. The molecule has 1 amide bonds. The smallest absolute Gasteiger partial charge is 0.410 e. The monoisotopic (exact) mass is 446 g/mol. The van der Waals surface area contributed by atoms with E-state index in [-0.39, 0.29) is 30.3 Å². The molecular weight excluding hydrogens is 414 g/mol. The highest BCUT2D eigenvalue weighted by Crippen LogP contribution is 2.35. The minimum absolute atomic E-state index is 0.191. The molecule has 1 aliphatic heterocycles. The Morgan fingerprint density at radius 2 is 1.47 bits per heavy atom. The van der Waals surface area contributed by atoms with Gasteiger partial charge in [0.15, 0.2) is 0 Å². The minimum Gasteiger partial charge on any atom is -0.444 e. The van der Waals surface area contributed by atoms with Crippen LogP contribution in [0.1, 0.15) is 51.8 Å². The quantitative estimate of drug-likeness (QED) is 0.737. The summed E-state index contributed by atoms with van der Waals surface area (Å²) < 4.78 is 32.8. The van der Waals surface area contributed by atoms with Crippen LogP contribution in [0.2, 0.25) is 0 Å². The third-order valence-electron chi connectivity index (χ3n) is 5.70. The number of benzene rings is 2. The zero-order valence-electron chi connectivity index (χ0n) is 19.3. The van der Waals surface area contributed by atoms with Gasteiger partial charge in [0.2, 0.25) is 0 Å². The van der Waals surface area contributed by atoms with Crippen molar-refractivity contribution in [3.63, 3.8) is 0 Å². The highest BCUT2D eigenvalue weighted by molar-refractivity contribution is 5.68. The lowest BCUT2D eigenvalue weighted by Gasteiger charge is -2.49. The molecule has 0 aliphatic carbocycles. The van der Waals surface area contributed by atoms with Crippen LogP contribution in [0.15, 0.2) is 48.5 Å². The third kappa shape index (κ3) is 5.64. The molecule has 1 unspecified atom stereocenters. The number of hydrogen-bond donors (Lipinski definition) is 1. The number of nitrogens with zero attached hydrogens (tertiary/aromatic N) is 2. The van der Waals surface area contributed by atoms with Gasteiger partial charge >= 0.3 is 6.09 Å². The molecule has 32 heavy (non-hydrogen) atoms. The zero-order valence-corrected chi connectivity index (χ0v) is 19.3. The molecule has 1 heterocycles. The molecule has 3 atom stereocenters. The van der Waals surface area contributed by atoms with Crippen LogP contribution in [0.5, 0.6) is 0 Å². The Morgan fingerprint density at radius 1 is 1.00 bits per heavy atom. The van der Waals surface area contributed by atoms with E-state index in [4.69, 9.17) is 4.74 Å². The van der Waals surface area contributed by atoms with E-state index in [2.05, 4.69) is 4.90 Å². The molecule has 1 saturated heterocycles. The fourth-order valence-corrected chi connectivity index (χ4v) is 4.19. The van der Waals surface area contributed by atoms with Crippen LogP contribution in [0.25, 0.3) is 0 Å². The Kier molecular flexibility index (Phi) is 7.20. The lowest BCUT2D eigenvalue weighted by Crippen LogP contribution is -2.63. The molecule has 0 radical (unpaired) electrons. The number of hydrogen-bond acceptors (Lipinski definition) is 4. The predicted molar refractivity (Wildman–Crippen MR) is 119 cm³/mol. The van der Waals surface area contributed by atoms with Gasteiger partial charge in [-0.2, -0.15) is 0 Å². The second-order valence-electron chi connectivity index (χ2n) is 9.49. The number of halogens is 2. The molecule has 1 N–H and O–H groups in total. The van der Waals surface area contributed by atoms with E-state index in [1.165, 1.54) is 24.3 Å². The molecule has 5 nitrogen and oxygen atoms in total. The molecule has 0 spiro atoms. The van der Waals surface area contributed by atoms with Crippen LogP contribution >= 0.6 is 0 Å². The SMILES string of the molecule is CC(O)[C@@H]1CN(C(=O)OC(C)(C)C)[C@@H](C)CN1C(c1ccc(F)cc1)c1ccc(F)cc1. The van der Waals surface area contributed by atoms with Gasteiger partial charge in [-0.25, -0.2) is 13.6 Å². The molecule has 0 aromatic heterocycles. The van der Waals surface area contributed by atoms with Crippen LogP contribution < -0.4 is 0 Å². The number of aliphatic hydroxyl groups excluding tert-OH is 1. The molecule has 2 aromatic rings. The lowest BCUT2D eigenvalue weighted by molar-refractivity contribution is -0.0473. The highest BCUT2D eigenvalue weighted by atomic mass is 19.1. The molecule has 7 heteroatoms. The number of amides is 1. The van der Waals surface area contributed by atoms with E-state index in [1.54, 1.807) is 36.1 Å². The summed E-state index contributed by atoms with van der Waals surface area (Å²) in [5.41, 5.74) is 1.02. The summed E-state index contributed by atoms with van der Waals surface area (Å²) in [5, 5.41) is 10.7. The number of carbonyl (C=O) groups excluding carboxylic acids is 1. The molecule has 0 bridgehead atoms. The van der Waals surface area contributed by atoms with Crippen molar-refractivity contribution in [3.8, 4) is 0 Å². The minimum atomic E-state index is -0.754. The maximum atomic E-state index is 13.6. The first-order chi connectivity index (χ1) is 15.0. The molecule has 0 saturated carbocycles. The molecule has 3 rings (SSSR count). The van der Waals surface area contributed by atoms with Crippen LogP contribution in [0.3, 0.4) is 0 Å². The van der Waals surface area contributed by atoms with Gasteiger partial charge in [-0.15, -0.1) is 0 Å². The van der Waals surface area contributed by atoms with Crippen molar-refractivity contribution in [1.29, 1.82) is 0 Å². The van der Waals surface area contributed by atoms with Gasteiger partial charge < -0.3 is 14.7 Å². The first-order valence-electron chi connectivity index (χ1n) is 10.9. The van der Waals surface area contributed by atoms with Crippen LogP contribution in [-0.4, -0.2) is 57.9 Å². The molecule has 1 aliphatic rings. The van der Waals surface area contributed by atoms with Crippen molar-refractivity contribution >= 4 is 6.09 Å². The Labute approximate surface area is 188 Å². The summed E-state index contributed by atoms with van der Waals surface area (Å²) >= 11 is 0. The van der Waals surface area contributed by atoms with Crippen molar-refractivity contribution in [1.82, 2.24) is 9.80 Å². The maximum Gasteiger partial charge on any atom is 0.410 e. The first kappa shape index (κ1) is 24.1. The lowest BCUT2D eigenvalue weighted by atomic mass is 9.92. The third-order valence-corrected chi connectivity index (χ3v) is 5.70. The summed E-state index contributed by atoms with van der Waals surface area (Å²) in [6.45, 7) is 9.79. The van der Waals surface area contributed by atoms with Gasteiger partial charge in [0, 0.05) is 19.1 Å². The van der Waals surface area contributed by atoms with Crippen molar-refractivity contribution in [2.45, 2.75) is 64.4 Å². The van der Waals surface area contributed by atoms with E-state index >= 15 is 0 Å². The number of carbonyl (C=O) groups is 1. The van der Waals surface area contributed by atoms with E-state index in [0.29, 0.717) is 6.54 Å². The van der Waals surface area contributed by atoms with Gasteiger partial charge in [-0.1, -0.05) is 24.3 Å². The summed E-state index contributed by atoms with van der Waals surface area (Å²) in [4.78, 5) is 16.6. The average molecular weight is 447 g/mol. The average Bonchev–Trinajstić information content (AvgIpc) is 2.69. The Balaban J connectivity index is 1.99. The fraction of sp³-hybridized carbons (Fsp3) is 0.480. The summed E-state index contributed by atoms with van der Waals surface area (Å²) in [6, 6.07) is 11.4. The van der Waals surface area contributed by atoms with Gasteiger partial charge in [0.1, 0.15) is 17.2 Å². The second-order valence-corrected chi connectivity index (χ2v) is 9.49. The highest BCUT2D eigenvalue weighted by Gasteiger charge is 2.41. The normalized spacial score (nSPS) is 21.0. The topological polar surface area (TPSA) is 53.0 Å². The number of piperazine rings is 1. The predicted octanol–water partition coefficient (Wildman–Crippen LogP) is 4.74. The second kappa shape index (κ2) is 9.55.